The second-order valence-corrected chi connectivity index (χ2v) is 7.24. The molecule has 0 aliphatic carbocycles. The van der Waals surface area contributed by atoms with Gasteiger partial charge < -0.3 is 14.2 Å². The molecule has 4 heterocycles. The van der Waals surface area contributed by atoms with Crippen LogP contribution in [0.15, 0.2) is 12.5 Å². The first-order valence-corrected chi connectivity index (χ1v) is 10.3. The van der Waals surface area contributed by atoms with Gasteiger partial charge in [0.15, 0.2) is 11.2 Å². The summed E-state index contributed by atoms with van der Waals surface area (Å²) < 4.78 is 10.1. The van der Waals surface area contributed by atoms with Crippen molar-refractivity contribution < 1.29 is 9.53 Å². The molecule has 1 fully saturated rings. The molecule has 0 saturated carbocycles. The van der Waals surface area contributed by atoms with Crippen molar-refractivity contribution in [3.05, 3.63) is 18.2 Å². The maximum atomic E-state index is 11.9. The Kier molecular flexibility index (Phi) is 5.21. The van der Waals surface area contributed by atoms with E-state index in [1.165, 1.54) is 6.33 Å². The van der Waals surface area contributed by atoms with Crippen molar-refractivity contribution in [3.8, 4) is 17.3 Å². The van der Waals surface area contributed by atoms with Crippen LogP contribution in [0.25, 0.3) is 22.6 Å². The number of likely N-dealkylation sites (tertiary alicyclic amines) is 1. The van der Waals surface area contributed by atoms with Crippen LogP contribution >= 0.6 is 0 Å². The fourth-order valence-electron chi connectivity index (χ4n) is 3.84. The molecule has 9 heteroatoms. The fraction of sp³-hybridized carbons (Fsp3) is 0.550. The predicted octanol–water partition coefficient (Wildman–Crippen LogP) is 2.43. The zero-order valence-corrected chi connectivity index (χ0v) is 17.4. The van der Waals surface area contributed by atoms with E-state index in [0.717, 1.165) is 48.8 Å². The van der Waals surface area contributed by atoms with Crippen molar-refractivity contribution in [3.63, 3.8) is 0 Å². The average molecular weight is 397 g/mol. The Morgan fingerprint density at radius 3 is 2.76 bits per heavy atom. The van der Waals surface area contributed by atoms with Gasteiger partial charge in [-0.25, -0.2) is 9.97 Å². The van der Waals surface area contributed by atoms with Crippen LogP contribution in [0.3, 0.4) is 0 Å². The predicted molar refractivity (Wildman–Crippen MR) is 109 cm³/mol. The normalized spacial score (nSPS) is 16.7. The number of hydrogen-bond donors (Lipinski definition) is 0. The third-order valence-electron chi connectivity index (χ3n) is 5.40. The lowest BCUT2D eigenvalue weighted by atomic mass is 10.2. The lowest BCUT2D eigenvalue weighted by Gasteiger charge is -2.16. The van der Waals surface area contributed by atoms with Gasteiger partial charge in [0, 0.05) is 38.7 Å². The summed E-state index contributed by atoms with van der Waals surface area (Å²) >= 11 is 0. The van der Waals surface area contributed by atoms with Gasteiger partial charge in [-0.15, -0.1) is 0 Å². The highest BCUT2D eigenvalue weighted by atomic mass is 16.5. The number of aryl methyl sites for hydroxylation is 3. The van der Waals surface area contributed by atoms with Gasteiger partial charge in [-0.3, -0.25) is 9.48 Å². The van der Waals surface area contributed by atoms with Gasteiger partial charge in [-0.1, -0.05) is 6.92 Å². The highest BCUT2D eigenvalue weighted by Crippen LogP contribution is 2.30. The van der Waals surface area contributed by atoms with Crippen LogP contribution in [-0.2, 0) is 17.9 Å². The van der Waals surface area contributed by atoms with Gasteiger partial charge in [0.1, 0.15) is 18.3 Å². The molecule has 154 valence electrons. The van der Waals surface area contributed by atoms with E-state index in [1.54, 1.807) is 0 Å². The van der Waals surface area contributed by atoms with Crippen molar-refractivity contribution in [1.82, 2.24) is 34.2 Å². The molecule has 29 heavy (non-hydrogen) atoms. The molecule has 1 amide bonds. The summed E-state index contributed by atoms with van der Waals surface area (Å²) in [7, 11) is 0. The molecule has 0 N–H and O–H groups in total. The number of carbonyl (C=O) groups excluding carboxylic acids is 1. The number of amides is 1. The molecule has 0 bridgehead atoms. The number of aromatic nitrogens is 6. The van der Waals surface area contributed by atoms with E-state index in [1.807, 2.05) is 29.6 Å². The van der Waals surface area contributed by atoms with E-state index in [4.69, 9.17) is 9.72 Å². The Bertz CT molecular complexity index is 1040. The van der Waals surface area contributed by atoms with Crippen LogP contribution in [0.1, 0.15) is 39.3 Å². The van der Waals surface area contributed by atoms with Gasteiger partial charge in [0.05, 0.1) is 17.8 Å². The van der Waals surface area contributed by atoms with Gasteiger partial charge in [-0.05, 0) is 20.8 Å². The second kappa shape index (κ2) is 7.81. The SMILES string of the molecule is CCC(=O)N1CCC(Oc2ncnc3c2nc(-c2cn(CC)nc2C)n3CC)C1. The van der Waals surface area contributed by atoms with Gasteiger partial charge in [0.2, 0.25) is 11.8 Å². The summed E-state index contributed by atoms with van der Waals surface area (Å²) in [5.74, 6) is 1.45. The lowest BCUT2D eigenvalue weighted by Crippen LogP contribution is -2.30. The average Bonchev–Trinajstić information content (AvgIpc) is 3.43. The Morgan fingerprint density at radius 2 is 2.07 bits per heavy atom. The smallest absolute Gasteiger partial charge is 0.245 e. The summed E-state index contributed by atoms with van der Waals surface area (Å²) in [5, 5.41) is 4.55. The van der Waals surface area contributed by atoms with Crippen LogP contribution in [0.4, 0.5) is 0 Å². The summed E-state index contributed by atoms with van der Waals surface area (Å²) in [4.78, 5) is 27.5. The number of carbonyl (C=O) groups is 1. The maximum Gasteiger partial charge on any atom is 0.245 e. The van der Waals surface area contributed by atoms with Crippen LogP contribution in [-0.4, -0.2) is 59.3 Å². The van der Waals surface area contributed by atoms with Crippen molar-refractivity contribution in [2.24, 2.45) is 0 Å². The number of fused-ring (bicyclic) bond motifs is 1. The molecule has 3 aromatic rings. The van der Waals surface area contributed by atoms with E-state index >= 15 is 0 Å². The van der Waals surface area contributed by atoms with Gasteiger partial charge >= 0.3 is 0 Å². The summed E-state index contributed by atoms with van der Waals surface area (Å²) in [5.41, 5.74) is 3.30. The maximum absolute atomic E-state index is 11.9. The molecule has 4 rings (SSSR count). The van der Waals surface area contributed by atoms with Crippen molar-refractivity contribution in [2.75, 3.05) is 13.1 Å². The zero-order chi connectivity index (χ0) is 20.5. The molecule has 0 spiro atoms. The monoisotopic (exact) mass is 397 g/mol. The first-order chi connectivity index (χ1) is 14.0. The highest BCUT2D eigenvalue weighted by Gasteiger charge is 2.28. The number of nitrogens with zero attached hydrogens (tertiary/aromatic N) is 7. The zero-order valence-electron chi connectivity index (χ0n) is 17.4. The standard InChI is InChI=1S/C20H27N7O2/c1-5-16(28)25-9-8-14(10-25)29-20-17-19(21-12-22-20)27(7-3)18(23-17)15-11-26(6-2)24-13(15)4/h11-12,14H,5-10H2,1-4H3. The largest absolute Gasteiger partial charge is 0.471 e. The minimum absolute atomic E-state index is 0.0802. The molecule has 1 aliphatic rings. The van der Waals surface area contributed by atoms with E-state index < -0.39 is 0 Å². The molecule has 1 atom stereocenters. The fourth-order valence-corrected chi connectivity index (χ4v) is 3.84. The third kappa shape index (κ3) is 3.45. The number of hydrogen-bond acceptors (Lipinski definition) is 6. The number of rotatable bonds is 6. The van der Waals surface area contributed by atoms with Crippen molar-refractivity contribution >= 4 is 17.1 Å². The van der Waals surface area contributed by atoms with Gasteiger partial charge in [0.25, 0.3) is 0 Å². The molecular formula is C20H27N7O2. The molecular weight excluding hydrogens is 370 g/mol. The van der Waals surface area contributed by atoms with E-state index in [9.17, 15) is 4.79 Å². The summed E-state index contributed by atoms with van der Waals surface area (Å²) in [6.45, 7) is 10.8. The van der Waals surface area contributed by atoms with E-state index in [-0.39, 0.29) is 12.0 Å². The van der Waals surface area contributed by atoms with Crippen LogP contribution < -0.4 is 4.74 Å². The molecule has 3 aromatic heterocycles. The highest BCUT2D eigenvalue weighted by molar-refractivity contribution is 5.81. The Balaban J connectivity index is 1.69. The molecule has 9 nitrogen and oxygen atoms in total. The van der Waals surface area contributed by atoms with E-state index in [2.05, 4.69) is 33.5 Å². The quantitative estimate of drug-likeness (QED) is 0.634. The summed E-state index contributed by atoms with van der Waals surface area (Å²) in [6.07, 6.45) is 4.76. The second-order valence-electron chi connectivity index (χ2n) is 7.24. The van der Waals surface area contributed by atoms with Gasteiger partial charge in [-0.2, -0.15) is 10.1 Å². The third-order valence-corrected chi connectivity index (χ3v) is 5.40. The Morgan fingerprint density at radius 1 is 1.24 bits per heavy atom. The Labute approximate surface area is 169 Å². The first-order valence-electron chi connectivity index (χ1n) is 10.3. The van der Waals surface area contributed by atoms with E-state index in [0.29, 0.717) is 24.4 Å². The molecule has 0 radical (unpaired) electrons. The van der Waals surface area contributed by atoms with Crippen molar-refractivity contribution in [1.29, 1.82) is 0 Å². The molecule has 1 unspecified atom stereocenters. The molecule has 0 aromatic carbocycles. The minimum Gasteiger partial charge on any atom is -0.471 e. The number of ether oxygens (including phenoxy) is 1. The van der Waals surface area contributed by atoms with Crippen LogP contribution in [0.5, 0.6) is 5.88 Å². The Hall–Kier alpha value is -2.97. The molecule has 1 saturated heterocycles. The minimum atomic E-state index is -0.0802. The lowest BCUT2D eigenvalue weighted by molar-refractivity contribution is -0.130. The van der Waals surface area contributed by atoms with Crippen molar-refractivity contribution in [2.45, 2.75) is 59.7 Å². The summed E-state index contributed by atoms with van der Waals surface area (Å²) in [6, 6.07) is 0. The molecule has 1 aliphatic heterocycles. The van der Waals surface area contributed by atoms with Crippen LogP contribution in [0, 0.1) is 6.92 Å². The number of imidazole rings is 1. The first kappa shape index (κ1) is 19.4. The topological polar surface area (TPSA) is 91.0 Å². The van der Waals surface area contributed by atoms with Crippen LogP contribution in [0.2, 0.25) is 0 Å².